The predicted octanol–water partition coefficient (Wildman–Crippen LogP) is 2.09. The zero-order valence-electron chi connectivity index (χ0n) is 12.5. The van der Waals surface area contributed by atoms with Crippen molar-refractivity contribution >= 4 is 5.97 Å². The fourth-order valence-corrected chi connectivity index (χ4v) is 2.74. The molecule has 21 heavy (non-hydrogen) atoms. The smallest absolute Gasteiger partial charge is 0.323 e. The molecule has 1 aliphatic rings. The van der Waals surface area contributed by atoms with Crippen LogP contribution in [0, 0.1) is 11.3 Å². The van der Waals surface area contributed by atoms with Gasteiger partial charge >= 0.3 is 5.97 Å². The number of nitriles is 1. The number of esters is 1. The van der Waals surface area contributed by atoms with Crippen LogP contribution < -0.4 is 4.74 Å². The summed E-state index contributed by atoms with van der Waals surface area (Å²) in [6.07, 6.45) is 2.97. The van der Waals surface area contributed by atoms with Gasteiger partial charge in [-0.25, -0.2) is 0 Å². The molecule has 112 valence electrons. The van der Waals surface area contributed by atoms with Gasteiger partial charge in [0.2, 0.25) is 0 Å². The van der Waals surface area contributed by atoms with E-state index in [1.54, 1.807) is 13.2 Å². The molecule has 5 heteroatoms. The molecule has 0 N–H and O–H groups in total. The molecule has 1 saturated heterocycles. The standard InChI is InChI=1S/C16H20N2O3/c1-20-15-9-12(6-7-13(15)10-17)11-18-8-4-3-5-14(18)16(19)21-2/h6-7,9,14H,3-5,8,11H2,1-2H3/t14-/m1/s1. The number of carbonyl (C=O) groups excluding carboxylic acids is 1. The lowest BCUT2D eigenvalue weighted by atomic mass is 10.0. The average Bonchev–Trinajstić information content (AvgIpc) is 2.54. The second kappa shape index (κ2) is 7.09. The van der Waals surface area contributed by atoms with E-state index >= 15 is 0 Å². The first-order valence-electron chi connectivity index (χ1n) is 7.08. The van der Waals surface area contributed by atoms with Crippen molar-refractivity contribution in [2.24, 2.45) is 0 Å². The second-order valence-corrected chi connectivity index (χ2v) is 5.15. The molecule has 0 radical (unpaired) electrons. The summed E-state index contributed by atoms with van der Waals surface area (Å²) in [6, 6.07) is 7.45. The molecule has 1 aliphatic heterocycles. The maximum Gasteiger partial charge on any atom is 0.323 e. The molecule has 5 nitrogen and oxygen atoms in total. The fraction of sp³-hybridized carbons (Fsp3) is 0.500. The van der Waals surface area contributed by atoms with Gasteiger partial charge in [0.15, 0.2) is 0 Å². The number of rotatable bonds is 4. The largest absolute Gasteiger partial charge is 0.495 e. The third-order valence-electron chi connectivity index (χ3n) is 3.86. The Labute approximate surface area is 125 Å². The summed E-state index contributed by atoms with van der Waals surface area (Å²) in [4.78, 5) is 14.0. The normalized spacial score (nSPS) is 18.8. The summed E-state index contributed by atoms with van der Waals surface area (Å²) in [6.45, 7) is 1.53. The lowest BCUT2D eigenvalue weighted by Crippen LogP contribution is -2.44. The van der Waals surface area contributed by atoms with Gasteiger partial charge in [-0.1, -0.05) is 12.5 Å². The van der Waals surface area contributed by atoms with Crippen molar-refractivity contribution in [3.05, 3.63) is 29.3 Å². The molecule has 1 heterocycles. The van der Waals surface area contributed by atoms with Crippen LogP contribution in [-0.2, 0) is 16.1 Å². The van der Waals surface area contributed by atoms with Gasteiger partial charge in [-0.2, -0.15) is 5.26 Å². The van der Waals surface area contributed by atoms with Crippen LogP contribution in [0.25, 0.3) is 0 Å². The van der Waals surface area contributed by atoms with Gasteiger partial charge < -0.3 is 9.47 Å². The second-order valence-electron chi connectivity index (χ2n) is 5.15. The molecule has 0 bridgehead atoms. The molecular formula is C16H20N2O3. The SMILES string of the molecule is COC(=O)[C@H]1CCCCN1Cc1ccc(C#N)c(OC)c1. The average molecular weight is 288 g/mol. The Bertz CT molecular complexity index is 551. The highest BCUT2D eigenvalue weighted by Crippen LogP contribution is 2.24. The minimum absolute atomic E-state index is 0.171. The van der Waals surface area contributed by atoms with Crippen molar-refractivity contribution in [3.63, 3.8) is 0 Å². The van der Waals surface area contributed by atoms with Gasteiger partial charge in [0.05, 0.1) is 19.8 Å². The Morgan fingerprint density at radius 1 is 1.43 bits per heavy atom. The van der Waals surface area contributed by atoms with E-state index in [0.29, 0.717) is 17.9 Å². The molecule has 1 atom stereocenters. The van der Waals surface area contributed by atoms with Crippen LogP contribution in [0.3, 0.4) is 0 Å². The van der Waals surface area contributed by atoms with Crippen molar-refractivity contribution in [1.82, 2.24) is 4.90 Å². The van der Waals surface area contributed by atoms with Crippen LogP contribution >= 0.6 is 0 Å². The molecule has 0 aromatic heterocycles. The molecular weight excluding hydrogens is 268 g/mol. The number of benzene rings is 1. The summed E-state index contributed by atoms with van der Waals surface area (Å²) in [5, 5.41) is 9.01. The summed E-state index contributed by atoms with van der Waals surface area (Å²) >= 11 is 0. The third kappa shape index (κ3) is 3.53. The Kier molecular flexibility index (Phi) is 5.18. The maximum atomic E-state index is 11.9. The zero-order valence-corrected chi connectivity index (χ0v) is 12.5. The van der Waals surface area contributed by atoms with Gasteiger partial charge in [0.1, 0.15) is 17.9 Å². The highest BCUT2D eigenvalue weighted by Gasteiger charge is 2.29. The lowest BCUT2D eigenvalue weighted by Gasteiger charge is -2.33. The molecule has 1 fully saturated rings. The first kappa shape index (κ1) is 15.3. The van der Waals surface area contributed by atoms with E-state index in [1.165, 1.54) is 7.11 Å². The van der Waals surface area contributed by atoms with E-state index in [-0.39, 0.29) is 12.0 Å². The van der Waals surface area contributed by atoms with Crippen molar-refractivity contribution < 1.29 is 14.3 Å². The van der Waals surface area contributed by atoms with Crippen LogP contribution in [0.5, 0.6) is 5.75 Å². The highest BCUT2D eigenvalue weighted by molar-refractivity contribution is 5.75. The Morgan fingerprint density at radius 3 is 2.90 bits per heavy atom. The molecule has 2 rings (SSSR count). The third-order valence-corrected chi connectivity index (χ3v) is 3.86. The number of methoxy groups -OCH3 is 2. The molecule has 0 unspecified atom stereocenters. The van der Waals surface area contributed by atoms with Crippen LogP contribution in [-0.4, -0.2) is 37.7 Å². The van der Waals surface area contributed by atoms with E-state index in [9.17, 15) is 4.79 Å². The van der Waals surface area contributed by atoms with Gasteiger partial charge in [0.25, 0.3) is 0 Å². The molecule has 1 aromatic carbocycles. The van der Waals surface area contributed by atoms with E-state index in [4.69, 9.17) is 14.7 Å². The summed E-state index contributed by atoms with van der Waals surface area (Å²) in [5.41, 5.74) is 1.55. The predicted molar refractivity (Wildman–Crippen MR) is 77.8 cm³/mol. The number of hydrogen-bond donors (Lipinski definition) is 0. The Hall–Kier alpha value is -2.06. The van der Waals surface area contributed by atoms with Crippen LogP contribution in [0.4, 0.5) is 0 Å². The molecule has 1 aromatic rings. The zero-order chi connectivity index (χ0) is 15.2. The van der Waals surface area contributed by atoms with E-state index < -0.39 is 0 Å². The maximum absolute atomic E-state index is 11.9. The van der Waals surface area contributed by atoms with Gasteiger partial charge in [-0.3, -0.25) is 9.69 Å². The van der Waals surface area contributed by atoms with E-state index in [0.717, 1.165) is 31.4 Å². The van der Waals surface area contributed by atoms with Crippen LogP contribution in [0.1, 0.15) is 30.4 Å². The molecule has 0 amide bonds. The van der Waals surface area contributed by atoms with Crippen molar-refractivity contribution in [2.45, 2.75) is 31.8 Å². The summed E-state index contributed by atoms with van der Waals surface area (Å²) < 4.78 is 10.1. The van der Waals surface area contributed by atoms with Gasteiger partial charge in [0, 0.05) is 6.54 Å². The van der Waals surface area contributed by atoms with Crippen LogP contribution in [0.15, 0.2) is 18.2 Å². The highest BCUT2D eigenvalue weighted by atomic mass is 16.5. The number of hydrogen-bond acceptors (Lipinski definition) is 5. The lowest BCUT2D eigenvalue weighted by molar-refractivity contribution is -0.148. The van der Waals surface area contributed by atoms with Crippen LogP contribution in [0.2, 0.25) is 0 Å². The summed E-state index contributed by atoms with van der Waals surface area (Å²) in [7, 11) is 2.98. The van der Waals surface area contributed by atoms with Crippen molar-refractivity contribution in [1.29, 1.82) is 5.26 Å². The minimum atomic E-state index is -0.176. The number of carbonyl (C=O) groups is 1. The number of piperidine rings is 1. The van der Waals surface area contributed by atoms with E-state index in [2.05, 4.69) is 11.0 Å². The monoisotopic (exact) mass is 288 g/mol. The van der Waals surface area contributed by atoms with Gasteiger partial charge in [-0.05, 0) is 37.1 Å². The first-order valence-corrected chi connectivity index (χ1v) is 7.08. The van der Waals surface area contributed by atoms with Crippen molar-refractivity contribution in [3.8, 4) is 11.8 Å². The Morgan fingerprint density at radius 2 is 2.24 bits per heavy atom. The fourth-order valence-electron chi connectivity index (χ4n) is 2.74. The molecule has 0 aliphatic carbocycles. The quantitative estimate of drug-likeness (QED) is 0.794. The number of nitrogens with zero attached hydrogens (tertiary/aromatic N) is 2. The topological polar surface area (TPSA) is 62.6 Å². The minimum Gasteiger partial charge on any atom is -0.495 e. The number of ether oxygens (including phenoxy) is 2. The van der Waals surface area contributed by atoms with Crippen molar-refractivity contribution in [2.75, 3.05) is 20.8 Å². The number of likely N-dealkylation sites (tertiary alicyclic amines) is 1. The van der Waals surface area contributed by atoms with Gasteiger partial charge in [-0.15, -0.1) is 0 Å². The molecule has 0 spiro atoms. The Balaban J connectivity index is 2.16. The first-order chi connectivity index (χ1) is 10.2. The van der Waals surface area contributed by atoms with E-state index in [1.807, 2.05) is 12.1 Å². The molecule has 0 saturated carbocycles. The summed E-state index contributed by atoms with van der Waals surface area (Å²) in [5.74, 6) is 0.400.